The third-order valence-electron chi connectivity index (χ3n) is 4.34. The third kappa shape index (κ3) is 5.02. The largest absolute Gasteiger partial charge is 0.357 e. The molecule has 0 saturated carbocycles. The van der Waals surface area contributed by atoms with Crippen LogP contribution in [0.4, 0.5) is 22.0 Å². The fraction of sp³-hybridized carbons (Fsp3) is 0.182. The Labute approximate surface area is 170 Å². The maximum Gasteiger partial charge on any atom is 0.323 e. The number of rotatable bonds is 6. The van der Waals surface area contributed by atoms with Crippen molar-refractivity contribution in [2.24, 2.45) is 0 Å². The molecule has 0 radical (unpaired) electrons. The van der Waals surface area contributed by atoms with Crippen molar-refractivity contribution >= 4 is 34.8 Å². The molecule has 5 nitrogen and oxygen atoms in total. The first-order valence-electron chi connectivity index (χ1n) is 9.25. The third-order valence-corrected chi connectivity index (χ3v) is 4.59. The highest BCUT2D eigenvalue weighted by Gasteiger charge is 2.08. The molecule has 3 aromatic rings. The Morgan fingerprint density at radius 3 is 2.32 bits per heavy atom. The van der Waals surface area contributed by atoms with E-state index in [1.54, 1.807) is 24.3 Å². The quantitative estimate of drug-likeness (QED) is 0.547. The fourth-order valence-electron chi connectivity index (χ4n) is 2.89. The van der Waals surface area contributed by atoms with Crippen molar-refractivity contribution in [3.05, 3.63) is 71.8 Å². The van der Waals surface area contributed by atoms with Gasteiger partial charge in [-0.3, -0.25) is 0 Å². The molecular formula is C22H23ClN4O. The highest BCUT2D eigenvalue weighted by molar-refractivity contribution is 6.30. The summed E-state index contributed by atoms with van der Waals surface area (Å²) in [6.45, 7) is 6.03. The standard InChI is InChI=1S/C22H23ClN4O/c1-3-27(4-2)21-10-6-9-20(26-21)16-7-5-8-19(15-16)25-22(28)24-18-13-11-17(23)12-14-18/h5-15H,3-4H2,1-2H3,(H2,24,25,28). The highest BCUT2D eigenvalue weighted by atomic mass is 35.5. The van der Waals surface area contributed by atoms with E-state index in [9.17, 15) is 4.79 Å². The number of nitrogens with one attached hydrogen (secondary N) is 2. The molecule has 0 atom stereocenters. The number of hydrogen-bond donors (Lipinski definition) is 2. The smallest absolute Gasteiger partial charge is 0.323 e. The number of urea groups is 1. The van der Waals surface area contributed by atoms with Gasteiger partial charge in [0.2, 0.25) is 0 Å². The van der Waals surface area contributed by atoms with Gasteiger partial charge in [0, 0.05) is 35.1 Å². The van der Waals surface area contributed by atoms with Gasteiger partial charge < -0.3 is 15.5 Å². The number of halogens is 1. The SMILES string of the molecule is CCN(CC)c1cccc(-c2cccc(NC(=O)Nc3ccc(Cl)cc3)c2)n1. The van der Waals surface area contributed by atoms with Crippen molar-refractivity contribution in [3.8, 4) is 11.3 Å². The van der Waals surface area contributed by atoms with Crippen LogP contribution in [0.1, 0.15) is 13.8 Å². The predicted octanol–water partition coefficient (Wildman–Crippen LogP) is 5.89. The number of carbonyl (C=O) groups is 1. The molecule has 0 aliphatic rings. The van der Waals surface area contributed by atoms with E-state index in [1.165, 1.54) is 0 Å². The van der Waals surface area contributed by atoms with E-state index in [0.29, 0.717) is 16.4 Å². The maximum atomic E-state index is 12.3. The molecule has 28 heavy (non-hydrogen) atoms. The van der Waals surface area contributed by atoms with E-state index >= 15 is 0 Å². The summed E-state index contributed by atoms with van der Waals surface area (Å²) in [5, 5.41) is 6.26. The number of anilines is 3. The molecule has 2 amide bonds. The average Bonchev–Trinajstić information content (AvgIpc) is 2.71. The first kappa shape index (κ1) is 19.7. The van der Waals surface area contributed by atoms with Crippen LogP contribution < -0.4 is 15.5 Å². The Morgan fingerprint density at radius 1 is 0.929 bits per heavy atom. The lowest BCUT2D eigenvalue weighted by atomic mass is 10.1. The van der Waals surface area contributed by atoms with Gasteiger partial charge in [0.05, 0.1) is 5.69 Å². The Balaban J connectivity index is 1.74. The second-order valence-corrected chi connectivity index (χ2v) is 6.66. The van der Waals surface area contributed by atoms with E-state index in [0.717, 1.165) is 30.2 Å². The molecule has 144 valence electrons. The van der Waals surface area contributed by atoms with Gasteiger partial charge in [0.15, 0.2) is 0 Å². The number of benzene rings is 2. The molecule has 1 heterocycles. The molecule has 0 spiro atoms. The van der Waals surface area contributed by atoms with E-state index in [4.69, 9.17) is 16.6 Å². The van der Waals surface area contributed by atoms with E-state index in [2.05, 4.69) is 29.4 Å². The number of aromatic nitrogens is 1. The Kier molecular flexibility index (Phi) is 6.50. The zero-order chi connectivity index (χ0) is 19.9. The van der Waals surface area contributed by atoms with Crippen LogP contribution >= 0.6 is 11.6 Å². The van der Waals surface area contributed by atoms with Crippen molar-refractivity contribution < 1.29 is 4.79 Å². The lowest BCUT2D eigenvalue weighted by Crippen LogP contribution is -2.22. The van der Waals surface area contributed by atoms with Gasteiger partial charge in [0.1, 0.15) is 5.82 Å². The summed E-state index contributed by atoms with van der Waals surface area (Å²) in [6, 6.07) is 20.3. The molecule has 0 saturated heterocycles. The number of amides is 2. The van der Waals surface area contributed by atoms with Crippen molar-refractivity contribution in [2.75, 3.05) is 28.6 Å². The monoisotopic (exact) mass is 394 g/mol. The molecule has 0 aliphatic heterocycles. The Bertz CT molecular complexity index is 939. The predicted molar refractivity (Wildman–Crippen MR) is 117 cm³/mol. The van der Waals surface area contributed by atoms with Crippen molar-refractivity contribution in [2.45, 2.75) is 13.8 Å². The van der Waals surface area contributed by atoms with Crippen LogP contribution in [0.15, 0.2) is 66.7 Å². The molecule has 2 N–H and O–H groups in total. The van der Waals surface area contributed by atoms with Crippen LogP contribution in [0.25, 0.3) is 11.3 Å². The number of pyridine rings is 1. The van der Waals surface area contributed by atoms with Crippen molar-refractivity contribution in [1.29, 1.82) is 0 Å². The molecule has 2 aromatic carbocycles. The summed E-state index contributed by atoms with van der Waals surface area (Å²) >= 11 is 5.87. The Hall–Kier alpha value is -3.05. The minimum Gasteiger partial charge on any atom is -0.357 e. The molecule has 6 heteroatoms. The summed E-state index contributed by atoms with van der Waals surface area (Å²) in [5.41, 5.74) is 3.18. The number of carbonyl (C=O) groups excluding carboxylic acids is 1. The zero-order valence-corrected chi connectivity index (χ0v) is 16.7. The molecular weight excluding hydrogens is 372 g/mol. The Morgan fingerprint density at radius 2 is 1.61 bits per heavy atom. The van der Waals surface area contributed by atoms with Gasteiger partial charge in [-0.05, 0) is 62.4 Å². The first-order chi connectivity index (χ1) is 13.6. The van der Waals surface area contributed by atoms with E-state index < -0.39 is 0 Å². The lowest BCUT2D eigenvalue weighted by molar-refractivity contribution is 0.262. The molecule has 0 fully saturated rings. The van der Waals surface area contributed by atoms with Gasteiger partial charge >= 0.3 is 6.03 Å². The van der Waals surface area contributed by atoms with Crippen LogP contribution in [-0.2, 0) is 0 Å². The van der Waals surface area contributed by atoms with E-state index in [1.807, 2.05) is 42.5 Å². The summed E-state index contributed by atoms with van der Waals surface area (Å²) < 4.78 is 0. The molecule has 0 unspecified atom stereocenters. The lowest BCUT2D eigenvalue weighted by Gasteiger charge is -2.20. The molecule has 1 aromatic heterocycles. The summed E-state index contributed by atoms with van der Waals surface area (Å²) in [6.07, 6.45) is 0. The second-order valence-electron chi connectivity index (χ2n) is 6.22. The summed E-state index contributed by atoms with van der Waals surface area (Å²) in [5.74, 6) is 0.946. The normalized spacial score (nSPS) is 10.4. The van der Waals surface area contributed by atoms with Crippen LogP contribution in [0.2, 0.25) is 5.02 Å². The van der Waals surface area contributed by atoms with Crippen LogP contribution in [0, 0.1) is 0 Å². The number of hydrogen-bond acceptors (Lipinski definition) is 3. The van der Waals surface area contributed by atoms with Gasteiger partial charge in [-0.15, -0.1) is 0 Å². The fourth-order valence-corrected chi connectivity index (χ4v) is 3.02. The zero-order valence-electron chi connectivity index (χ0n) is 15.9. The minimum atomic E-state index is -0.315. The topological polar surface area (TPSA) is 57.3 Å². The highest BCUT2D eigenvalue weighted by Crippen LogP contribution is 2.23. The van der Waals surface area contributed by atoms with Crippen LogP contribution in [0.3, 0.4) is 0 Å². The van der Waals surface area contributed by atoms with Crippen LogP contribution in [0.5, 0.6) is 0 Å². The van der Waals surface area contributed by atoms with Crippen molar-refractivity contribution in [1.82, 2.24) is 4.98 Å². The van der Waals surface area contributed by atoms with Crippen LogP contribution in [-0.4, -0.2) is 24.1 Å². The minimum absolute atomic E-state index is 0.315. The second kappa shape index (κ2) is 9.24. The first-order valence-corrected chi connectivity index (χ1v) is 9.63. The summed E-state index contributed by atoms with van der Waals surface area (Å²) in [4.78, 5) is 19.2. The van der Waals surface area contributed by atoms with Gasteiger partial charge in [0.25, 0.3) is 0 Å². The van der Waals surface area contributed by atoms with Gasteiger partial charge in [-0.2, -0.15) is 0 Å². The van der Waals surface area contributed by atoms with E-state index in [-0.39, 0.29) is 6.03 Å². The van der Waals surface area contributed by atoms with Gasteiger partial charge in [-0.25, -0.2) is 9.78 Å². The summed E-state index contributed by atoms with van der Waals surface area (Å²) in [7, 11) is 0. The maximum absolute atomic E-state index is 12.3. The van der Waals surface area contributed by atoms with Gasteiger partial charge in [-0.1, -0.05) is 29.8 Å². The average molecular weight is 395 g/mol. The molecule has 3 rings (SSSR count). The van der Waals surface area contributed by atoms with Crippen molar-refractivity contribution in [3.63, 3.8) is 0 Å². The molecule has 0 aliphatic carbocycles. The number of nitrogens with zero attached hydrogens (tertiary/aromatic N) is 2. The molecule has 0 bridgehead atoms.